The molecule has 3 N–H and O–H groups in total. The van der Waals surface area contributed by atoms with E-state index in [9.17, 15) is 22.4 Å². The van der Waals surface area contributed by atoms with Crippen LogP contribution in [0.2, 0.25) is 0 Å². The SMILES string of the molecule is N[C@@H](Cc1c(F)c(F)c(F)c(I)c1F)C(=O)O. The van der Waals surface area contributed by atoms with Gasteiger partial charge in [0, 0.05) is 12.0 Å². The van der Waals surface area contributed by atoms with E-state index in [0.29, 0.717) is 0 Å². The van der Waals surface area contributed by atoms with Crippen LogP contribution in [0.1, 0.15) is 5.56 Å². The summed E-state index contributed by atoms with van der Waals surface area (Å²) in [5, 5.41) is 8.48. The van der Waals surface area contributed by atoms with Gasteiger partial charge in [-0.1, -0.05) is 0 Å². The summed E-state index contributed by atoms with van der Waals surface area (Å²) in [5.74, 6) is -8.07. The fraction of sp³-hybridized carbons (Fsp3) is 0.222. The zero-order valence-corrected chi connectivity index (χ0v) is 10.3. The van der Waals surface area contributed by atoms with Crippen LogP contribution in [0.5, 0.6) is 0 Å². The minimum atomic E-state index is -1.84. The van der Waals surface area contributed by atoms with Crippen LogP contribution in [0.3, 0.4) is 0 Å². The third-order valence-electron chi connectivity index (χ3n) is 2.04. The monoisotopic (exact) mass is 363 g/mol. The molecular formula is C9H6F4INO2. The van der Waals surface area contributed by atoms with Crippen molar-refractivity contribution in [2.75, 3.05) is 0 Å². The summed E-state index contributed by atoms with van der Waals surface area (Å²) in [4.78, 5) is 10.4. The molecule has 0 aliphatic carbocycles. The fourth-order valence-corrected chi connectivity index (χ4v) is 1.70. The molecule has 0 saturated carbocycles. The number of hydrogen-bond acceptors (Lipinski definition) is 2. The zero-order chi connectivity index (χ0) is 13.3. The van der Waals surface area contributed by atoms with Gasteiger partial charge in [-0.3, -0.25) is 4.79 Å². The first-order chi connectivity index (χ1) is 7.77. The second kappa shape index (κ2) is 5.17. The van der Waals surface area contributed by atoms with Crippen molar-refractivity contribution in [2.45, 2.75) is 12.5 Å². The van der Waals surface area contributed by atoms with Gasteiger partial charge in [0.15, 0.2) is 17.5 Å². The molecule has 8 heteroatoms. The third-order valence-corrected chi connectivity index (χ3v) is 2.99. The Hall–Kier alpha value is -0.900. The van der Waals surface area contributed by atoms with E-state index in [1.165, 1.54) is 0 Å². The average Bonchev–Trinajstić information content (AvgIpc) is 2.29. The smallest absolute Gasteiger partial charge is 0.320 e. The highest BCUT2D eigenvalue weighted by atomic mass is 127. The molecule has 1 aromatic carbocycles. The minimum absolute atomic E-state index is 0.742. The summed E-state index contributed by atoms with van der Waals surface area (Å²) in [7, 11) is 0. The predicted octanol–water partition coefficient (Wildman–Crippen LogP) is 1.80. The standard InChI is InChI=1S/C9H6F4INO2/c10-4-2(1-3(15)9(16)17)5(11)8(14)7(13)6(4)12/h3H,1,15H2,(H,16,17)/t3-/m0/s1. The van der Waals surface area contributed by atoms with Gasteiger partial charge in [0.05, 0.1) is 3.57 Å². The summed E-state index contributed by atoms with van der Waals surface area (Å²) in [6.07, 6.45) is -0.764. The van der Waals surface area contributed by atoms with E-state index >= 15 is 0 Å². The third kappa shape index (κ3) is 2.68. The molecule has 0 bridgehead atoms. The number of carboxylic acids is 1. The van der Waals surface area contributed by atoms with E-state index in [1.54, 1.807) is 0 Å². The molecule has 0 fully saturated rings. The second-order valence-electron chi connectivity index (χ2n) is 3.20. The van der Waals surface area contributed by atoms with Gasteiger partial charge in [-0.25, -0.2) is 17.6 Å². The van der Waals surface area contributed by atoms with Crippen LogP contribution in [-0.4, -0.2) is 17.1 Å². The van der Waals surface area contributed by atoms with Crippen molar-refractivity contribution in [1.29, 1.82) is 0 Å². The van der Waals surface area contributed by atoms with Gasteiger partial charge in [-0.15, -0.1) is 0 Å². The molecule has 0 amide bonds. The van der Waals surface area contributed by atoms with E-state index < -0.39 is 50.8 Å². The molecule has 0 radical (unpaired) electrons. The molecule has 1 rings (SSSR count). The Labute approximate surface area is 107 Å². The Bertz CT molecular complexity index is 452. The molecule has 3 nitrogen and oxygen atoms in total. The van der Waals surface area contributed by atoms with E-state index in [1.807, 2.05) is 0 Å². The van der Waals surface area contributed by atoms with Crippen LogP contribution >= 0.6 is 22.6 Å². The first-order valence-corrected chi connectivity index (χ1v) is 5.34. The van der Waals surface area contributed by atoms with Crippen LogP contribution in [0.25, 0.3) is 0 Å². The fourth-order valence-electron chi connectivity index (χ4n) is 1.14. The Morgan fingerprint density at radius 2 is 1.71 bits per heavy atom. The quantitative estimate of drug-likeness (QED) is 0.373. The number of hydrogen-bond donors (Lipinski definition) is 2. The zero-order valence-electron chi connectivity index (χ0n) is 8.11. The number of benzene rings is 1. The van der Waals surface area contributed by atoms with Crippen molar-refractivity contribution in [3.05, 3.63) is 32.4 Å². The van der Waals surface area contributed by atoms with Crippen molar-refractivity contribution in [2.24, 2.45) is 5.73 Å². The molecule has 0 unspecified atom stereocenters. The Morgan fingerprint density at radius 3 is 2.18 bits per heavy atom. The highest BCUT2D eigenvalue weighted by Crippen LogP contribution is 2.26. The minimum Gasteiger partial charge on any atom is -0.480 e. The highest BCUT2D eigenvalue weighted by Gasteiger charge is 2.26. The maximum atomic E-state index is 13.4. The van der Waals surface area contributed by atoms with Gasteiger partial charge in [0.25, 0.3) is 0 Å². The van der Waals surface area contributed by atoms with E-state index in [0.717, 1.165) is 22.6 Å². The average molecular weight is 363 g/mol. The number of rotatable bonds is 3. The van der Waals surface area contributed by atoms with E-state index in [-0.39, 0.29) is 0 Å². The van der Waals surface area contributed by atoms with Gasteiger partial charge < -0.3 is 10.8 Å². The van der Waals surface area contributed by atoms with Crippen LogP contribution in [0.15, 0.2) is 0 Å². The molecule has 0 aliphatic rings. The van der Waals surface area contributed by atoms with Gasteiger partial charge in [0.2, 0.25) is 0 Å². The van der Waals surface area contributed by atoms with E-state index in [2.05, 4.69) is 0 Å². The van der Waals surface area contributed by atoms with Crippen molar-refractivity contribution < 1.29 is 27.5 Å². The largest absolute Gasteiger partial charge is 0.480 e. The molecule has 17 heavy (non-hydrogen) atoms. The molecule has 0 saturated heterocycles. The van der Waals surface area contributed by atoms with Crippen LogP contribution in [0, 0.1) is 26.8 Å². The summed E-state index contributed by atoms with van der Waals surface area (Å²) >= 11 is 1.16. The lowest BCUT2D eigenvalue weighted by Crippen LogP contribution is -2.33. The molecule has 0 aromatic heterocycles. The Morgan fingerprint density at radius 1 is 1.18 bits per heavy atom. The Kier molecular flexibility index (Phi) is 4.31. The van der Waals surface area contributed by atoms with Crippen LogP contribution in [0.4, 0.5) is 17.6 Å². The van der Waals surface area contributed by atoms with Crippen LogP contribution in [-0.2, 0) is 11.2 Å². The molecule has 0 aliphatic heterocycles. The topological polar surface area (TPSA) is 63.3 Å². The number of aliphatic carboxylic acids is 1. The molecule has 0 spiro atoms. The lowest BCUT2D eigenvalue weighted by atomic mass is 10.0. The number of halogens is 5. The lowest BCUT2D eigenvalue weighted by molar-refractivity contribution is -0.138. The van der Waals surface area contributed by atoms with Crippen molar-refractivity contribution in [3.63, 3.8) is 0 Å². The maximum Gasteiger partial charge on any atom is 0.320 e. The van der Waals surface area contributed by atoms with Gasteiger partial charge in [-0.2, -0.15) is 0 Å². The van der Waals surface area contributed by atoms with Crippen molar-refractivity contribution in [3.8, 4) is 0 Å². The normalized spacial score (nSPS) is 12.6. The first-order valence-electron chi connectivity index (χ1n) is 4.26. The van der Waals surface area contributed by atoms with E-state index in [4.69, 9.17) is 10.8 Å². The first kappa shape index (κ1) is 14.2. The molecule has 1 atom stereocenters. The predicted molar refractivity (Wildman–Crippen MR) is 58.3 cm³/mol. The highest BCUT2D eigenvalue weighted by molar-refractivity contribution is 14.1. The number of carbonyl (C=O) groups is 1. The second-order valence-corrected chi connectivity index (χ2v) is 4.28. The Balaban J connectivity index is 3.30. The van der Waals surface area contributed by atoms with Crippen molar-refractivity contribution >= 4 is 28.6 Å². The molecule has 1 aromatic rings. The summed E-state index contributed by atoms with van der Waals surface area (Å²) in [6.45, 7) is 0. The molecular weight excluding hydrogens is 357 g/mol. The lowest BCUT2D eigenvalue weighted by Gasteiger charge is -2.11. The summed E-state index contributed by atoms with van der Waals surface area (Å²) in [5.41, 5.74) is 4.20. The van der Waals surface area contributed by atoms with Crippen molar-refractivity contribution in [1.82, 2.24) is 0 Å². The van der Waals surface area contributed by atoms with Gasteiger partial charge >= 0.3 is 5.97 Å². The summed E-state index contributed by atoms with van der Waals surface area (Å²) in [6, 6.07) is -1.60. The molecule has 94 valence electrons. The summed E-state index contributed by atoms with van der Waals surface area (Å²) < 4.78 is 51.8. The van der Waals surface area contributed by atoms with Gasteiger partial charge in [0.1, 0.15) is 11.9 Å². The number of nitrogens with two attached hydrogens (primary N) is 1. The van der Waals surface area contributed by atoms with Gasteiger partial charge in [-0.05, 0) is 22.6 Å². The molecule has 0 heterocycles. The van der Waals surface area contributed by atoms with Crippen LogP contribution < -0.4 is 5.73 Å². The maximum absolute atomic E-state index is 13.4. The number of carboxylic acid groups (broad SMARTS) is 1.